The molecule has 1 aromatic carbocycles. The number of amides is 1. The van der Waals surface area contributed by atoms with Gasteiger partial charge in [0.05, 0.1) is 5.75 Å². The van der Waals surface area contributed by atoms with Crippen molar-refractivity contribution in [2.24, 2.45) is 0 Å². The Kier molecular flexibility index (Phi) is 7.89. The Morgan fingerprint density at radius 1 is 1.21 bits per heavy atom. The average molecular weight is 347 g/mol. The van der Waals surface area contributed by atoms with Gasteiger partial charge in [-0.25, -0.2) is 0 Å². The lowest BCUT2D eigenvalue weighted by molar-refractivity contribution is -0.145. The second kappa shape index (κ2) is 10.2. The van der Waals surface area contributed by atoms with Gasteiger partial charge in [0, 0.05) is 11.4 Å². The smallest absolute Gasteiger partial charge is 0.316 e. The average Bonchev–Trinajstić information content (AvgIpc) is 2.60. The molecule has 0 unspecified atom stereocenters. The van der Waals surface area contributed by atoms with E-state index in [1.807, 2.05) is 31.2 Å². The van der Waals surface area contributed by atoms with Crippen LogP contribution in [-0.4, -0.2) is 30.8 Å². The topological polar surface area (TPSA) is 55.4 Å². The molecule has 0 saturated heterocycles. The Balaban J connectivity index is 1.56. The quantitative estimate of drug-likeness (QED) is 0.443. The van der Waals surface area contributed by atoms with Gasteiger partial charge in [0.15, 0.2) is 6.61 Å². The highest BCUT2D eigenvalue weighted by Gasteiger charge is 2.09. The molecule has 2 rings (SSSR count). The number of rotatable bonds is 8. The number of nitrogens with one attached hydrogen (secondary N) is 1. The monoisotopic (exact) mass is 347 g/mol. The third kappa shape index (κ3) is 7.21. The summed E-state index contributed by atoms with van der Waals surface area (Å²) in [5.41, 5.74) is 2.61. The summed E-state index contributed by atoms with van der Waals surface area (Å²) in [5.74, 6) is -0.394. The Hall–Kier alpha value is -1.75. The van der Waals surface area contributed by atoms with Crippen molar-refractivity contribution in [3.8, 4) is 0 Å². The van der Waals surface area contributed by atoms with E-state index in [-0.39, 0.29) is 24.2 Å². The van der Waals surface area contributed by atoms with Crippen molar-refractivity contribution in [3.05, 3.63) is 41.5 Å². The van der Waals surface area contributed by atoms with E-state index in [9.17, 15) is 9.59 Å². The lowest BCUT2D eigenvalue weighted by Crippen LogP contribution is -2.30. The summed E-state index contributed by atoms with van der Waals surface area (Å²) >= 11 is 1.41. The molecule has 1 aromatic rings. The van der Waals surface area contributed by atoms with Gasteiger partial charge in [-0.05, 0) is 51.2 Å². The van der Waals surface area contributed by atoms with Crippen molar-refractivity contribution >= 4 is 23.6 Å². The number of thioether (sulfide) groups is 1. The number of allylic oxidation sites excluding steroid dienone is 1. The Morgan fingerprint density at radius 3 is 2.71 bits per heavy atom. The normalized spacial score (nSPS) is 14.0. The number of benzene rings is 1. The van der Waals surface area contributed by atoms with Crippen molar-refractivity contribution < 1.29 is 14.3 Å². The van der Waals surface area contributed by atoms with Gasteiger partial charge in [-0.2, -0.15) is 0 Å². The van der Waals surface area contributed by atoms with Gasteiger partial charge in [-0.1, -0.05) is 29.3 Å². The number of ether oxygens (including phenoxy) is 1. The summed E-state index contributed by atoms with van der Waals surface area (Å²) in [6, 6.07) is 7.95. The van der Waals surface area contributed by atoms with Crippen LogP contribution in [-0.2, 0) is 14.3 Å². The molecule has 0 radical (unpaired) electrons. The van der Waals surface area contributed by atoms with Crippen molar-refractivity contribution in [1.29, 1.82) is 0 Å². The molecule has 0 saturated carbocycles. The minimum Gasteiger partial charge on any atom is -0.455 e. The molecule has 0 bridgehead atoms. The highest BCUT2D eigenvalue weighted by Crippen LogP contribution is 2.19. The molecule has 130 valence electrons. The lowest BCUT2D eigenvalue weighted by atomic mass is 9.97. The highest BCUT2D eigenvalue weighted by molar-refractivity contribution is 8.00. The molecule has 5 heteroatoms. The fraction of sp³-hybridized carbons (Fsp3) is 0.474. The largest absolute Gasteiger partial charge is 0.455 e. The van der Waals surface area contributed by atoms with Crippen molar-refractivity contribution in [2.75, 3.05) is 18.9 Å². The van der Waals surface area contributed by atoms with Gasteiger partial charge in [0.2, 0.25) is 0 Å². The number of carbonyl (C=O) groups excluding carboxylic acids is 2. The van der Waals surface area contributed by atoms with E-state index in [0.717, 1.165) is 24.2 Å². The number of aryl methyl sites for hydroxylation is 1. The van der Waals surface area contributed by atoms with Crippen molar-refractivity contribution in [3.63, 3.8) is 0 Å². The van der Waals surface area contributed by atoms with Gasteiger partial charge >= 0.3 is 5.97 Å². The van der Waals surface area contributed by atoms with Crippen LogP contribution in [0.3, 0.4) is 0 Å². The molecule has 1 aliphatic rings. The van der Waals surface area contributed by atoms with E-state index >= 15 is 0 Å². The minimum absolute atomic E-state index is 0.202. The molecule has 0 fully saturated rings. The summed E-state index contributed by atoms with van der Waals surface area (Å²) in [6.45, 7) is 2.43. The van der Waals surface area contributed by atoms with E-state index in [1.165, 1.54) is 35.7 Å². The molecule has 1 aliphatic carbocycles. The van der Waals surface area contributed by atoms with Crippen molar-refractivity contribution in [2.45, 2.75) is 43.9 Å². The van der Waals surface area contributed by atoms with E-state index in [0.29, 0.717) is 6.54 Å². The zero-order chi connectivity index (χ0) is 17.2. The van der Waals surface area contributed by atoms with Crippen LogP contribution in [0.25, 0.3) is 0 Å². The number of carbonyl (C=O) groups is 2. The second-order valence-electron chi connectivity index (χ2n) is 5.97. The Labute approximate surface area is 148 Å². The lowest BCUT2D eigenvalue weighted by Gasteiger charge is -2.13. The summed E-state index contributed by atoms with van der Waals surface area (Å²) in [4.78, 5) is 24.4. The number of hydrogen-bond acceptors (Lipinski definition) is 4. The maximum atomic E-state index is 11.7. The zero-order valence-corrected chi connectivity index (χ0v) is 15.0. The highest BCUT2D eigenvalue weighted by atomic mass is 32.2. The molecule has 0 aromatic heterocycles. The van der Waals surface area contributed by atoms with E-state index in [1.54, 1.807) is 0 Å². The first kappa shape index (κ1) is 18.6. The predicted molar refractivity (Wildman–Crippen MR) is 97.0 cm³/mol. The van der Waals surface area contributed by atoms with Crippen LogP contribution in [0.5, 0.6) is 0 Å². The Morgan fingerprint density at radius 2 is 2.00 bits per heavy atom. The van der Waals surface area contributed by atoms with Gasteiger partial charge in [-0.3, -0.25) is 9.59 Å². The van der Waals surface area contributed by atoms with E-state index in [2.05, 4.69) is 11.4 Å². The van der Waals surface area contributed by atoms with Crippen LogP contribution in [0, 0.1) is 6.92 Å². The van der Waals surface area contributed by atoms with Gasteiger partial charge < -0.3 is 10.1 Å². The summed E-state index contributed by atoms with van der Waals surface area (Å²) in [7, 11) is 0. The molecule has 0 atom stereocenters. The predicted octanol–water partition coefficient (Wildman–Crippen LogP) is 3.64. The third-order valence-electron chi connectivity index (χ3n) is 3.90. The van der Waals surface area contributed by atoms with Crippen LogP contribution in [0.2, 0.25) is 0 Å². The molecule has 0 spiro atoms. The molecular formula is C19H25NO3S. The first-order valence-corrected chi connectivity index (χ1v) is 9.42. The summed E-state index contributed by atoms with van der Waals surface area (Å²) in [6.07, 6.45) is 7.98. The van der Waals surface area contributed by atoms with Crippen LogP contribution >= 0.6 is 11.8 Å². The fourth-order valence-electron chi connectivity index (χ4n) is 2.51. The van der Waals surface area contributed by atoms with Gasteiger partial charge in [0.25, 0.3) is 5.91 Å². The number of esters is 1. The number of hydrogen-bond donors (Lipinski definition) is 1. The third-order valence-corrected chi connectivity index (χ3v) is 4.88. The zero-order valence-electron chi connectivity index (χ0n) is 14.2. The summed E-state index contributed by atoms with van der Waals surface area (Å²) < 4.78 is 5.01. The maximum Gasteiger partial charge on any atom is 0.316 e. The molecule has 0 aliphatic heterocycles. The molecule has 1 N–H and O–H groups in total. The molecular weight excluding hydrogens is 322 g/mol. The first-order valence-electron chi connectivity index (χ1n) is 8.43. The molecule has 0 heterocycles. The van der Waals surface area contributed by atoms with Crippen LogP contribution in [0.15, 0.2) is 40.8 Å². The first-order chi connectivity index (χ1) is 11.6. The van der Waals surface area contributed by atoms with Gasteiger partial charge in [0.1, 0.15) is 0 Å². The molecule has 4 nitrogen and oxygen atoms in total. The van der Waals surface area contributed by atoms with E-state index in [4.69, 9.17) is 4.74 Å². The van der Waals surface area contributed by atoms with Crippen LogP contribution < -0.4 is 5.32 Å². The fourth-order valence-corrected chi connectivity index (χ4v) is 3.21. The molecule has 24 heavy (non-hydrogen) atoms. The maximum absolute atomic E-state index is 11.7. The second-order valence-corrected chi connectivity index (χ2v) is 7.02. The van der Waals surface area contributed by atoms with Crippen LogP contribution in [0.4, 0.5) is 0 Å². The van der Waals surface area contributed by atoms with Crippen LogP contribution in [0.1, 0.15) is 37.7 Å². The minimum atomic E-state index is -0.370. The van der Waals surface area contributed by atoms with Gasteiger partial charge in [-0.15, -0.1) is 11.8 Å². The molecule has 1 amide bonds. The SMILES string of the molecule is Cc1ccc(SCC(=O)OCC(=O)NCCC2=CCCCC2)cc1. The Bertz CT molecular complexity index is 581. The van der Waals surface area contributed by atoms with Crippen molar-refractivity contribution in [1.82, 2.24) is 5.32 Å². The van der Waals surface area contributed by atoms with E-state index < -0.39 is 0 Å². The standard InChI is InChI=1S/C19H25NO3S/c1-15-7-9-17(10-8-15)24-14-19(22)23-13-18(21)20-12-11-16-5-3-2-4-6-16/h5,7-10H,2-4,6,11-14H2,1H3,(H,20,21). The summed E-state index contributed by atoms with van der Waals surface area (Å²) in [5, 5.41) is 2.80.